The zero-order valence-electron chi connectivity index (χ0n) is 10.9. The van der Waals surface area contributed by atoms with E-state index in [2.05, 4.69) is 11.9 Å². The largest absolute Gasteiger partial charge is 0.466 e. The molecule has 2 heterocycles. The number of hydrogen-bond acceptors (Lipinski definition) is 4. The summed E-state index contributed by atoms with van der Waals surface area (Å²) in [7, 11) is 0. The predicted octanol–water partition coefficient (Wildman–Crippen LogP) is 1.69. The van der Waals surface area contributed by atoms with Gasteiger partial charge in [0.25, 0.3) is 0 Å². The van der Waals surface area contributed by atoms with Gasteiger partial charge in [-0.3, -0.25) is 0 Å². The van der Waals surface area contributed by atoms with Crippen LogP contribution in [0.5, 0.6) is 0 Å². The molecule has 0 amide bonds. The van der Waals surface area contributed by atoms with E-state index in [-0.39, 0.29) is 12.6 Å². The summed E-state index contributed by atoms with van der Waals surface area (Å²) in [4.78, 5) is 4.12. The summed E-state index contributed by atoms with van der Waals surface area (Å²) in [6.45, 7) is 5.84. The van der Waals surface area contributed by atoms with E-state index in [9.17, 15) is 0 Å². The maximum absolute atomic E-state index is 9.16. The van der Waals surface area contributed by atoms with Crippen LogP contribution in [-0.4, -0.2) is 21.3 Å². The molecule has 5 heteroatoms. The summed E-state index contributed by atoms with van der Waals surface area (Å²) in [5.74, 6) is 1.79. The number of aliphatic hydroxyl groups excluding tert-OH is 1. The third-order valence-electron chi connectivity index (χ3n) is 3.22. The molecule has 18 heavy (non-hydrogen) atoms. The van der Waals surface area contributed by atoms with E-state index in [4.69, 9.17) is 15.3 Å². The monoisotopic (exact) mass is 249 g/mol. The fourth-order valence-corrected chi connectivity index (χ4v) is 2.23. The lowest BCUT2D eigenvalue weighted by Crippen LogP contribution is -2.20. The standard InChI is InChI=1S/C13H19N3O2/c1-8-4-11(10(3)18-8)9(2)16-7-15-5-13(16)12(14)6-17/h4-5,7,9,12,17H,6,14H2,1-3H3. The van der Waals surface area contributed by atoms with Gasteiger partial charge >= 0.3 is 0 Å². The minimum atomic E-state index is -0.414. The molecular weight excluding hydrogens is 230 g/mol. The molecule has 0 bridgehead atoms. The number of rotatable bonds is 4. The molecular formula is C13H19N3O2. The quantitative estimate of drug-likeness (QED) is 0.864. The maximum atomic E-state index is 9.16. The topological polar surface area (TPSA) is 77.2 Å². The molecule has 2 aromatic heterocycles. The van der Waals surface area contributed by atoms with Crippen molar-refractivity contribution in [3.63, 3.8) is 0 Å². The number of nitrogens with two attached hydrogens (primary N) is 1. The summed E-state index contributed by atoms with van der Waals surface area (Å²) in [6, 6.07) is 1.69. The van der Waals surface area contributed by atoms with Crippen LogP contribution in [-0.2, 0) is 0 Å². The van der Waals surface area contributed by atoms with Gasteiger partial charge in [-0.05, 0) is 26.8 Å². The third-order valence-corrected chi connectivity index (χ3v) is 3.22. The van der Waals surface area contributed by atoms with E-state index in [0.29, 0.717) is 0 Å². The van der Waals surface area contributed by atoms with Crippen molar-refractivity contribution >= 4 is 0 Å². The third kappa shape index (κ3) is 2.19. The van der Waals surface area contributed by atoms with Crippen LogP contribution >= 0.6 is 0 Å². The lowest BCUT2D eigenvalue weighted by atomic mass is 10.1. The Morgan fingerprint density at radius 2 is 2.22 bits per heavy atom. The first-order valence-electron chi connectivity index (χ1n) is 5.99. The Hall–Kier alpha value is -1.59. The van der Waals surface area contributed by atoms with Gasteiger partial charge in [0, 0.05) is 11.8 Å². The first kappa shape index (κ1) is 12.9. The molecule has 98 valence electrons. The number of nitrogens with zero attached hydrogens (tertiary/aromatic N) is 2. The molecule has 2 aromatic rings. The van der Waals surface area contributed by atoms with Crippen molar-refractivity contribution in [1.29, 1.82) is 0 Å². The number of furan rings is 1. The maximum Gasteiger partial charge on any atom is 0.106 e. The first-order valence-corrected chi connectivity index (χ1v) is 5.99. The van der Waals surface area contributed by atoms with E-state index in [1.165, 1.54) is 0 Å². The minimum absolute atomic E-state index is 0.0811. The summed E-state index contributed by atoms with van der Waals surface area (Å²) in [5, 5.41) is 9.16. The Morgan fingerprint density at radius 1 is 1.50 bits per heavy atom. The molecule has 2 rings (SSSR count). The second-order valence-corrected chi connectivity index (χ2v) is 4.56. The van der Waals surface area contributed by atoms with Crippen molar-refractivity contribution in [2.24, 2.45) is 5.73 Å². The Balaban J connectivity index is 2.37. The van der Waals surface area contributed by atoms with Crippen LogP contribution in [0.4, 0.5) is 0 Å². The van der Waals surface area contributed by atoms with Crippen LogP contribution in [0.3, 0.4) is 0 Å². The Kier molecular flexibility index (Phi) is 3.54. The van der Waals surface area contributed by atoms with E-state index in [0.717, 1.165) is 22.8 Å². The fraction of sp³-hybridized carbons (Fsp3) is 0.462. The second-order valence-electron chi connectivity index (χ2n) is 4.56. The molecule has 0 radical (unpaired) electrons. The number of aryl methyl sites for hydroxylation is 2. The average Bonchev–Trinajstić information content (AvgIpc) is 2.94. The summed E-state index contributed by atoms with van der Waals surface area (Å²) in [5.41, 5.74) is 7.80. The fourth-order valence-electron chi connectivity index (χ4n) is 2.23. The van der Waals surface area contributed by atoms with Gasteiger partial charge in [0.2, 0.25) is 0 Å². The Bertz CT molecular complexity index is 530. The van der Waals surface area contributed by atoms with Crippen LogP contribution in [0.2, 0.25) is 0 Å². The molecule has 0 aliphatic carbocycles. The molecule has 0 aliphatic rings. The molecule has 0 saturated carbocycles. The smallest absolute Gasteiger partial charge is 0.106 e. The number of imidazole rings is 1. The number of hydrogen-bond donors (Lipinski definition) is 2. The zero-order chi connectivity index (χ0) is 13.3. The molecule has 0 saturated heterocycles. The highest BCUT2D eigenvalue weighted by molar-refractivity contribution is 5.25. The number of aliphatic hydroxyl groups is 1. The van der Waals surface area contributed by atoms with Crippen LogP contribution < -0.4 is 5.73 Å². The van der Waals surface area contributed by atoms with Gasteiger partial charge in [-0.25, -0.2) is 4.98 Å². The molecule has 0 spiro atoms. The average molecular weight is 249 g/mol. The van der Waals surface area contributed by atoms with Gasteiger partial charge in [-0.15, -0.1) is 0 Å². The molecule has 0 aliphatic heterocycles. The van der Waals surface area contributed by atoms with Crippen molar-refractivity contribution in [2.75, 3.05) is 6.61 Å². The first-order chi connectivity index (χ1) is 8.54. The van der Waals surface area contributed by atoms with E-state index < -0.39 is 6.04 Å². The molecule has 2 atom stereocenters. The van der Waals surface area contributed by atoms with E-state index in [1.54, 1.807) is 12.5 Å². The molecule has 3 N–H and O–H groups in total. The summed E-state index contributed by atoms with van der Waals surface area (Å²) in [6.07, 6.45) is 3.43. The summed E-state index contributed by atoms with van der Waals surface area (Å²) >= 11 is 0. The molecule has 5 nitrogen and oxygen atoms in total. The Labute approximate surface area is 106 Å². The minimum Gasteiger partial charge on any atom is -0.466 e. The van der Waals surface area contributed by atoms with E-state index >= 15 is 0 Å². The van der Waals surface area contributed by atoms with Gasteiger partial charge in [0.1, 0.15) is 11.5 Å². The van der Waals surface area contributed by atoms with Crippen LogP contribution in [0, 0.1) is 13.8 Å². The molecule has 0 aromatic carbocycles. The van der Waals surface area contributed by atoms with Crippen LogP contribution in [0.15, 0.2) is 23.0 Å². The van der Waals surface area contributed by atoms with Crippen molar-refractivity contribution in [3.05, 3.63) is 41.4 Å². The molecule has 0 fully saturated rings. The highest BCUT2D eigenvalue weighted by Crippen LogP contribution is 2.26. The van der Waals surface area contributed by atoms with Crippen molar-refractivity contribution in [1.82, 2.24) is 9.55 Å². The second kappa shape index (κ2) is 4.96. The van der Waals surface area contributed by atoms with Gasteiger partial charge in [0.05, 0.1) is 30.7 Å². The van der Waals surface area contributed by atoms with Crippen molar-refractivity contribution in [3.8, 4) is 0 Å². The lowest BCUT2D eigenvalue weighted by molar-refractivity contribution is 0.262. The normalized spacial score (nSPS) is 14.7. The van der Waals surface area contributed by atoms with E-state index in [1.807, 2.05) is 24.5 Å². The predicted molar refractivity (Wildman–Crippen MR) is 68.2 cm³/mol. The van der Waals surface area contributed by atoms with Gasteiger partial charge in [-0.1, -0.05) is 0 Å². The SMILES string of the molecule is Cc1cc(C(C)n2cncc2C(N)CO)c(C)o1. The lowest BCUT2D eigenvalue weighted by Gasteiger charge is -2.18. The van der Waals surface area contributed by atoms with Gasteiger partial charge in [-0.2, -0.15) is 0 Å². The molecule has 2 unspecified atom stereocenters. The van der Waals surface area contributed by atoms with Crippen LogP contribution in [0.1, 0.15) is 41.8 Å². The highest BCUT2D eigenvalue weighted by Gasteiger charge is 2.19. The Morgan fingerprint density at radius 3 is 2.78 bits per heavy atom. The highest BCUT2D eigenvalue weighted by atomic mass is 16.3. The van der Waals surface area contributed by atoms with Gasteiger partial charge < -0.3 is 19.8 Å². The van der Waals surface area contributed by atoms with Crippen molar-refractivity contribution < 1.29 is 9.52 Å². The number of aromatic nitrogens is 2. The van der Waals surface area contributed by atoms with Gasteiger partial charge in [0.15, 0.2) is 0 Å². The van der Waals surface area contributed by atoms with Crippen molar-refractivity contribution in [2.45, 2.75) is 32.9 Å². The zero-order valence-corrected chi connectivity index (χ0v) is 10.9. The summed E-state index contributed by atoms with van der Waals surface area (Å²) < 4.78 is 7.52. The van der Waals surface area contributed by atoms with Crippen LogP contribution in [0.25, 0.3) is 0 Å².